The number of rotatable bonds is 5. The summed E-state index contributed by atoms with van der Waals surface area (Å²) in [5.74, 6) is -0.133. The highest BCUT2D eigenvalue weighted by Gasteiger charge is 2.22. The number of hydrogen-bond donors (Lipinski definition) is 3. The molecule has 2 atom stereocenters. The molecule has 0 heterocycles. The summed E-state index contributed by atoms with van der Waals surface area (Å²) in [6.07, 6.45) is -2.79. The summed E-state index contributed by atoms with van der Waals surface area (Å²) >= 11 is 0. The number of nitrogens with two attached hydrogens (primary N) is 1. The average molecular weight is 255 g/mol. The molecule has 1 rings (SSSR count). The van der Waals surface area contributed by atoms with E-state index in [2.05, 4.69) is 4.74 Å². The van der Waals surface area contributed by atoms with Gasteiger partial charge in [-0.3, -0.25) is 4.79 Å². The normalized spacial score (nSPS) is 13.8. The monoisotopic (exact) mass is 255 g/mol. The minimum Gasteiger partial charge on any atom is -0.497 e. The fourth-order valence-corrected chi connectivity index (χ4v) is 1.52. The van der Waals surface area contributed by atoms with Crippen molar-refractivity contribution in [2.45, 2.75) is 18.6 Å². The van der Waals surface area contributed by atoms with Crippen LogP contribution in [0.4, 0.5) is 5.69 Å². The molecule has 0 aromatic heterocycles. The van der Waals surface area contributed by atoms with E-state index in [1.807, 2.05) is 0 Å². The molecule has 6 nitrogen and oxygen atoms in total. The number of ether oxygens (including phenoxy) is 2. The second-order valence-corrected chi connectivity index (χ2v) is 3.83. The van der Waals surface area contributed by atoms with Crippen molar-refractivity contribution in [2.75, 3.05) is 20.0 Å². The van der Waals surface area contributed by atoms with E-state index in [1.165, 1.54) is 20.3 Å². The molecule has 2 unspecified atom stereocenters. The molecule has 1 aromatic carbocycles. The lowest BCUT2D eigenvalue weighted by molar-refractivity contribution is -0.144. The highest BCUT2D eigenvalue weighted by molar-refractivity contribution is 5.69. The number of methoxy groups -OCH3 is 2. The van der Waals surface area contributed by atoms with E-state index in [1.54, 1.807) is 12.1 Å². The summed E-state index contributed by atoms with van der Waals surface area (Å²) in [5, 5.41) is 19.6. The van der Waals surface area contributed by atoms with Gasteiger partial charge in [-0.05, 0) is 17.7 Å². The highest BCUT2D eigenvalue weighted by atomic mass is 16.5. The smallest absolute Gasteiger partial charge is 0.308 e. The van der Waals surface area contributed by atoms with Gasteiger partial charge < -0.3 is 25.4 Å². The molecule has 0 fully saturated rings. The second kappa shape index (κ2) is 6.23. The Labute approximate surface area is 105 Å². The van der Waals surface area contributed by atoms with Gasteiger partial charge in [0.2, 0.25) is 0 Å². The second-order valence-electron chi connectivity index (χ2n) is 3.83. The lowest BCUT2D eigenvalue weighted by atomic mass is 10.0. The van der Waals surface area contributed by atoms with E-state index in [4.69, 9.17) is 10.5 Å². The summed E-state index contributed by atoms with van der Waals surface area (Å²) in [6, 6.07) is 4.64. The fraction of sp³-hybridized carbons (Fsp3) is 0.417. The molecule has 100 valence electrons. The zero-order chi connectivity index (χ0) is 13.7. The summed E-state index contributed by atoms with van der Waals surface area (Å²) in [4.78, 5) is 11.0. The first kappa shape index (κ1) is 14.3. The molecule has 0 bridgehead atoms. The topological polar surface area (TPSA) is 102 Å². The third kappa shape index (κ3) is 3.61. The Kier molecular flexibility index (Phi) is 4.94. The number of carbonyl (C=O) groups excluding carboxylic acids is 1. The van der Waals surface area contributed by atoms with Crippen LogP contribution in [0.25, 0.3) is 0 Å². The molecule has 0 aliphatic carbocycles. The Morgan fingerprint density at radius 1 is 1.33 bits per heavy atom. The van der Waals surface area contributed by atoms with Crippen molar-refractivity contribution in [3.8, 4) is 5.75 Å². The molecule has 0 saturated heterocycles. The largest absolute Gasteiger partial charge is 0.497 e. The number of nitrogen functional groups attached to an aromatic ring is 1. The Hall–Kier alpha value is -1.79. The van der Waals surface area contributed by atoms with Crippen LogP contribution in [0, 0.1) is 0 Å². The maximum atomic E-state index is 11.0. The Morgan fingerprint density at radius 2 is 2.00 bits per heavy atom. The zero-order valence-corrected chi connectivity index (χ0v) is 10.3. The number of hydrogen-bond acceptors (Lipinski definition) is 6. The third-order valence-electron chi connectivity index (χ3n) is 2.50. The highest BCUT2D eigenvalue weighted by Crippen LogP contribution is 2.26. The molecule has 6 heteroatoms. The lowest BCUT2D eigenvalue weighted by Crippen LogP contribution is -2.22. The van der Waals surface area contributed by atoms with E-state index in [0.29, 0.717) is 17.0 Å². The minimum atomic E-state index is -1.26. The Balaban J connectivity index is 2.85. The van der Waals surface area contributed by atoms with Crippen LogP contribution < -0.4 is 10.5 Å². The maximum Gasteiger partial charge on any atom is 0.308 e. The quantitative estimate of drug-likeness (QED) is 0.514. The minimum absolute atomic E-state index is 0.297. The maximum absolute atomic E-state index is 11.0. The molecule has 0 aliphatic rings. The van der Waals surface area contributed by atoms with Crippen molar-refractivity contribution in [3.05, 3.63) is 23.8 Å². The number of anilines is 1. The number of benzene rings is 1. The van der Waals surface area contributed by atoms with Crippen LogP contribution in [-0.2, 0) is 9.53 Å². The first-order chi connectivity index (χ1) is 8.47. The van der Waals surface area contributed by atoms with Gasteiger partial charge in [0.15, 0.2) is 0 Å². The van der Waals surface area contributed by atoms with Crippen LogP contribution in [0.5, 0.6) is 5.75 Å². The molecule has 0 aliphatic heterocycles. The van der Waals surface area contributed by atoms with E-state index in [-0.39, 0.29) is 6.42 Å². The average Bonchev–Trinajstić information content (AvgIpc) is 2.36. The van der Waals surface area contributed by atoms with Crippen molar-refractivity contribution >= 4 is 11.7 Å². The van der Waals surface area contributed by atoms with Crippen LogP contribution in [0.1, 0.15) is 18.1 Å². The van der Waals surface area contributed by atoms with Gasteiger partial charge in [-0.25, -0.2) is 0 Å². The first-order valence-corrected chi connectivity index (χ1v) is 5.35. The molecule has 1 aromatic rings. The van der Waals surface area contributed by atoms with Crippen LogP contribution in [-0.4, -0.2) is 36.5 Å². The number of carbonyl (C=O) groups is 1. The van der Waals surface area contributed by atoms with Crippen LogP contribution in [0.15, 0.2) is 18.2 Å². The molecule has 0 saturated carbocycles. The summed E-state index contributed by atoms with van der Waals surface area (Å²) in [7, 11) is 2.68. The summed E-state index contributed by atoms with van der Waals surface area (Å²) in [5.41, 5.74) is 6.41. The van der Waals surface area contributed by atoms with Gasteiger partial charge in [0.05, 0.1) is 26.7 Å². The summed E-state index contributed by atoms with van der Waals surface area (Å²) in [6.45, 7) is 0. The molecular formula is C12H17NO5. The van der Waals surface area contributed by atoms with E-state index in [0.717, 1.165) is 0 Å². The van der Waals surface area contributed by atoms with Crippen molar-refractivity contribution in [1.82, 2.24) is 0 Å². The predicted molar refractivity (Wildman–Crippen MR) is 65.0 cm³/mol. The van der Waals surface area contributed by atoms with Crippen molar-refractivity contribution in [2.24, 2.45) is 0 Å². The molecule has 4 N–H and O–H groups in total. The van der Waals surface area contributed by atoms with Crippen LogP contribution in [0.3, 0.4) is 0 Å². The number of esters is 1. The van der Waals surface area contributed by atoms with Crippen molar-refractivity contribution in [1.29, 1.82) is 0 Å². The fourth-order valence-electron chi connectivity index (χ4n) is 1.52. The first-order valence-electron chi connectivity index (χ1n) is 5.35. The number of aliphatic hydroxyl groups excluding tert-OH is 2. The molecular weight excluding hydrogens is 238 g/mol. The number of aliphatic hydroxyl groups is 2. The molecule has 18 heavy (non-hydrogen) atoms. The van der Waals surface area contributed by atoms with Crippen molar-refractivity contribution in [3.63, 3.8) is 0 Å². The SMILES string of the molecule is COC(=O)CC(O)C(O)c1cc(N)cc(OC)c1. The Morgan fingerprint density at radius 3 is 2.56 bits per heavy atom. The third-order valence-corrected chi connectivity index (χ3v) is 2.50. The van der Waals surface area contributed by atoms with Crippen LogP contribution >= 0.6 is 0 Å². The zero-order valence-electron chi connectivity index (χ0n) is 10.3. The van der Waals surface area contributed by atoms with E-state index >= 15 is 0 Å². The summed E-state index contributed by atoms with van der Waals surface area (Å²) < 4.78 is 9.42. The molecule has 0 spiro atoms. The van der Waals surface area contributed by atoms with Gasteiger partial charge in [-0.2, -0.15) is 0 Å². The van der Waals surface area contributed by atoms with Gasteiger partial charge in [0, 0.05) is 11.8 Å². The van der Waals surface area contributed by atoms with E-state index < -0.39 is 18.2 Å². The van der Waals surface area contributed by atoms with Gasteiger partial charge in [0.1, 0.15) is 11.9 Å². The van der Waals surface area contributed by atoms with Gasteiger partial charge >= 0.3 is 5.97 Å². The molecule has 0 amide bonds. The van der Waals surface area contributed by atoms with Crippen molar-refractivity contribution < 1.29 is 24.5 Å². The molecule has 0 radical (unpaired) electrons. The predicted octanol–water partition coefficient (Wildman–Crippen LogP) is 0.235. The van der Waals surface area contributed by atoms with Crippen LogP contribution in [0.2, 0.25) is 0 Å². The lowest BCUT2D eigenvalue weighted by Gasteiger charge is -2.18. The van der Waals surface area contributed by atoms with Gasteiger partial charge in [0.25, 0.3) is 0 Å². The van der Waals surface area contributed by atoms with E-state index in [9.17, 15) is 15.0 Å². The van der Waals surface area contributed by atoms with Gasteiger partial charge in [-0.15, -0.1) is 0 Å². The van der Waals surface area contributed by atoms with Gasteiger partial charge in [-0.1, -0.05) is 0 Å². The Bertz CT molecular complexity index is 421. The standard InChI is InChI=1S/C12H17NO5/c1-17-9-4-7(3-8(13)5-9)12(16)10(14)6-11(15)18-2/h3-5,10,12,14,16H,6,13H2,1-2H3.